The molecule has 0 radical (unpaired) electrons. The number of aliphatic hydroxyl groups excluding tert-OH is 1. The summed E-state index contributed by atoms with van der Waals surface area (Å²) in [5, 5.41) is 26.9. The van der Waals surface area contributed by atoms with Crippen molar-refractivity contribution in [2.24, 2.45) is 0 Å². The third-order valence-electron chi connectivity index (χ3n) is 3.08. The van der Waals surface area contributed by atoms with E-state index >= 15 is 0 Å². The molecule has 23 heavy (non-hydrogen) atoms. The Morgan fingerprint density at radius 3 is 2.70 bits per heavy atom. The molecule has 0 fully saturated rings. The normalized spacial score (nSPS) is 12.5. The zero-order valence-corrected chi connectivity index (χ0v) is 17.8. The van der Waals surface area contributed by atoms with E-state index in [-0.39, 0.29) is 36.8 Å². The Balaban J connectivity index is 0.00000192. The van der Waals surface area contributed by atoms with E-state index in [4.69, 9.17) is 0 Å². The van der Waals surface area contributed by atoms with Crippen molar-refractivity contribution in [2.45, 2.75) is 6.10 Å². The molecule has 0 saturated heterocycles. The van der Waals surface area contributed by atoms with E-state index in [1.807, 2.05) is 34.3 Å². The van der Waals surface area contributed by atoms with Crippen molar-refractivity contribution in [1.29, 1.82) is 0 Å². The van der Waals surface area contributed by atoms with Crippen molar-refractivity contribution in [3.05, 3.63) is 91.9 Å². The minimum absolute atomic E-state index is 0. The van der Waals surface area contributed by atoms with E-state index in [0.717, 1.165) is 5.56 Å². The first-order valence-corrected chi connectivity index (χ1v) is 8.42. The maximum atomic E-state index is 10.6. The number of hydrogen-bond donors (Lipinski definition) is 1. The van der Waals surface area contributed by atoms with Crippen LogP contribution in [0.5, 0.6) is 0 Å². The van der Waals surface area contributed by atoms with Crippen LogP contribution in [0.4, 0.5) is 0 Å². The molecule has 1 unspecified atom stereocenters. The summed E-state index contributed by atoms with van der Waals surface area (Å²) in [4.78, 5) is 4.71. The summed E-state index contributed by atoms with van der Waals surface area (Å²) in [6, 6.07) is 9.08. The molecular formula is C17H12N2OS2U. The second-order valence-corrected chi connectivity index (χ2v) is 6.29. The minimum Gasteiger partial charge on any atom is -0.854 e. The number of pyridine rings is 1. The molecule has 3 rings (SSSR count). The minimum atomic E-state index is -0.990. The third kappa shape index (κ3) is 4.50. The maximum Gasteiger partial charge on any atom is 2.00 e. The number of nitrogens with zero attached hydrogens (tertiary/aromatic N) is 2. The van der Waals surface area contributed by atoms with E-state index in [2.05, 4.69) is 11.1 Å². The van der Waals surface area contributed by atoms with Crippen LogP contribution in [0.3, 0.4) is 0 Å². The maximum absolute atomic E-state index is 10.6. The average Bonchev–Trinajstić information content (AvgIpc) is 3.25. The van der Waals surface area contributed by atoms with Gasteiger partial charge in [-0.05, 0) is 16.3 Å². The second kappa shape index (κ2) is 8.72. The Hall–Kier alpha value is -1.03. The van der Waals surface area contributed by atoms with Crippen LogP contribution >= 0.6 is 22.7 Å². The van der Waals surface area contributed by atoms with E-state index in [1.165, 1.54) is 11.3 Å². The predicted molar refractivity (Wildman–Crippen MR) is 91.2 cm³/mol. The summed E-state index contributed by atoms with van der Waals surface area (Å²) in [6.07, 6.45) is 5.35. The van der Waals surface area contributed by atoms with Gasteiger partial charge in [-0.1, -0.05) is 29.0 Å². The number of aliphatic hydroxyl groups is 1. The second-order valence-electron chi connectivity index (χ2n) is 4.57. The average molecular weight is 562 g/mol. The van der Waals surface area contributed by atoms with Gasteiger partial charge in [0.1, 0.15) is 0 Å². The van der Waals surface area contributed by atoms with Crippen molar-refractivity contribution in [3.63, 3.8) is 0 Å². The van der Waals surface area contributed by atoms with E-state index in [0.29, 0.717) is 16.0 Å². The summed E-state index contributed by atoms with van der Waals surface area (Å²) in [5.74, 6) is 0. The van der Waals surface area contributed by atoms with Crippen LogP contribution in [0.1, 0.15) is 22.1 Å². The Bertz CT molecular complexity index is 768. The number of aromatic nitrogens is 1. The van der Waals surface area contributed by atoms with Crippen molar-refractivity contribution in [1.82, 2.24) is 4.98 Å². The molecule has 3 heterocycles. The first kappa shape index (κ1) is 18.3. The Labute approximate surface area is 166 Å². The Morgan fingerprint density at radius 1 is 1.22 bits per heavy atom. The first-order chi connectivity index (χ1) is 10.8. The topological polar surface area (TPSA) is 55.4 Å². The molecule has 3 nitrogen and oxygen atoms in total. The Morgan fingerprint density at radius 2 is 2.09 bits per heavy atom. The van der Waals surface area contributed by atoms with Crippen LogP contribution in [0.25, 0.3) is 5.41 Å². The number of thiophene rings is 2. The van der Waals surface area contributed by atoms with Gasteiger partial charge in [-0.25, -0.2) is 17.0 Å². The molecule has 0 aliphatic carbocycles. The molecule has 0 aromatic carbocycles. The third-order valence-corrected chi connectivity index (χ3v) is 4.64. The quantitative estimate of drug-likeness (QED) is 0.377. The molecule has 1 N–H and O–H groups in total. The van der Waals surface area contributed by atoms with Gasteiger partial charge in [-0.2, -0.15) is 11.3 Å². The van der Waals surface area contributed by atoms with Gasteiger partial charge in [0.2, 0.25) is 0 Å². The molecule has 0 bridgehead atoms. The molecule has 0 aliphatic heterocycles. The molecular weight excluding hydrogens is 550 g/mol. The van der Waals surface area contributed by atoms with Crippen LogP contribution in [0.15, 0.2) is 64.4 Å². The van der Waals surface area contributed by atoms with Gasteiger partial charge in [0, 0.05) is 18.0 Å². The Kier molecular flexibility index (Phi) is 6.94. The van der Waals surface area contributed by atoms with E-state index in [9.17, 15) is 10.5 Å². The van der Waals surface area contributed by atoms with Gasteiger partial charge in [0.25, 0.3) is 0 Å². The molecule has 3 aromatic rings. The molecule has 0 amide bonds. The SMILES string of the molecule is [N-]=C(C(=[C-]c1ccsc1)C(O)c1cccnc1)c1cccs1.[U+2]. The van der Waals surface area contributed by atoms with Gasteiger partial charge < -0.3 is 10.5 Å². The molecule has 3 aromatic heterocycles. The smallest absolute Gasteiger partial charge is 0.854 e. The van der Waals surface area contributed by atoms with Gasteiger partial charge >= 0.3 is 31.1 Å². The van der Waals surface area contributed by atoms with Crippen LogP contribution in [-0.4, -0.2) is 15.8 Å². The van der Waals surface area contributed by atoms with E-state index < -0.39 is 6.10 Å². The molecule has 0 aliphatic rings. The van der Waals surface area contributed by atoms with E-state index in [1.54, 1.807) is 35.9 Å². The molecule has 0 spiro atoms. The summed E-state index contributed by atoms with van der Waals surface area (Å²) in [7, 11) is 0. The van der Waals surface area contributed by atoms with Crippen LogP contribution in [0.2, 0.25) is 0 Å². The molecule has 6 heteroatoms. The van der Waals surface area contributed by atoms with Crippen molar-refractivity contribution in [2.75, 3.05) is 0 Å². The molecule has 1 atom stereocenters. The van der Waals surface area contributed by atoms with Crippen molar-refractivity contribution in [3.8, 4) is 0 Å². The number of hydrogen-bond acceptors (Lipinski definition) is 4. The molecule has 0 saturated carbocycles. The molecule has 112 valence electrons. The number of rotatable bonds is 5. The summed E-state index contributed by atoms with van der Waals surface area (Å²) >= 11 is 2.95. The van der Waals surface area contributed by atoms with Gasteiger partial charge in [0.05, 0.1) is 6.10 Å². The fraction of sp³-hybridized carbons (Fsp3) is 0.0588. The fourth-order valence-corrected chi connectivity index (χ4v) is 3.27. The van der Waals surface area contributed by atoms with Crippen molar-refractivity contribution >= 4 is 28.4 Å². The van der Waals surface area contributed by atoms with Crippen LogP contribution in [-0.2, 0) is 0 Å². The summed E-state index contributed by atoms with van der Waals surface area (Å²) in [6.45, 7) is 0. The van der Waals surface area contributed by atoms with Gasteiger partial charge in [-0.15, -0.1) is 23.3 Å². The zero-order chi connectivity index (χ0) is 15.4. The largest absolute Gasteiger partial charge is 2.00 e. The van der Waals surface area contributed by atoms with Crippen LogP contribution in [0, 0.1) is 37.2 Å². The van der Waals surface area contributed by atoms with Crippen molar-refractivity contribution < 1.29 is 36.2 Å². The van der Waals surface area contributed by atoms with Gasteiger partial charge in [-0.3, -0.25) is 4.98 Å². The summed E-state index contributed by atoms with van der Waals surface area (Å²) < 4.78 is 0. The summed E-state index contributed by atoms with van der Waals surface area (Å²) in [5.41, 5.74) is 1.82. The standard InChI is InChI=1S/C17H12N2OS2.U/c18-16(15-4-2-7-22-15)14(9-12-5-8-21-11-12)17(20)13-3-1-6-19-10-13;/h1-8,10-11,17,20H;/q-2;+2. The zero-order valence-electron chi connectivity index (χ0n) is 12.0. The van der Waals surface area contributed by atoms with Crippen LogP contribution < -0.4 is 0 Å². The fourth-order valence-electron chi connectivity index (χ4n) is 2.00. The monoisotopic (exact) mass is 562 g/mol. The van der Waals surface area contributed by atoms with Gasteiger partial charge in [0.15, 0.2) is 0 Å². The predicted octanol–water partition coefficient (Wildman–Crippen LogP) is 4.07. The first-order valence-electron chi connectivity index (χ1n) is 6.60.